The molecule has 2 heterocycles. The number of carbonyl (C=O) groups excluding carboxylic acids is 1. The predicted molar refractivity (Wildman–Crippen MR) is 92.5 cm³/mol. The van der Waals surface area contributed by atoms with Gasteiger partial charge in [-0.3, -0.25) is 13.9 Å². The van der Waals surface area contributed by atoms with Crippen molar-refractivity contribution in [1.29, 1.82) is 0 Å². The standard InChI is InChI=1S/C17H17N3O2S/c1-19-12-7-6-11(9-13(12)20(2)17(19)22)18-16(21)15-8-10-4-3-5-14(10)23-15/h6-9H,3-5H2,1-2H3,(H,18,21). The lowest BCUT2D eigenvalue weighted by Gasteiger charge is -2.05. The SMILES string of the molecule is Cn1c(=O)n(C)c2cc(NC(=O)c3cc4c(s3)CCC4)ccc21. The van der Waals surface area contributed by atoms with Crippen molar-refractivity contribution >= 4 is 34.0 Å². The van der Waals surface area contributed by atoms with Crippen LogP contribution >= 0.6 is 11.3 Å². The van der Waals surface area contributed by atoms with E-state index in [2.05, 4.69) is 5.32 Å². The lowest BCUT2D eigenvalue weighted by Crippen LogP contribution is -2.19. The Kier molecular flexibility index (Phi) is 3.16. The van der Waals surface area contributed by atoms with Gasteiger partial charge in [0.25, 0.3) is 5.91 Å². The number of nitrogens with zero attached hydrogens (tertiary/aromatic N) is 2. The van der Waals surface area contributed by atoms with Crippen LogP contribution in [-0.2, 0) is 26.9 Å². The molecular formula is C17H17N3O2S. The number of carbonyl (C=O) groups is 1. The molecule has 5 nitrogen and oxygen atoms in total. The van der Waals surface area contributed by atoms with Gasteiger partial charge in [0.15, 0.2) is 0 Å². The van der Waals surface area contributed by atoms with Crippen molar-refractivity contribution in [3.05, 3.63) is 50.1 Å². The zero-order valence-corrected chi connectivity index (χ0v) is 13.9. The highest BCUT2D eigenvalue weighted by molar-refractivity contribution is 7.14. The first kappa shape index (κ1) is 14.3. The maximum Gasteiger partial charge on any atom is 0.328 e. The molecule has 1 N–H and O–H groups in total. The van der Waals surface area contributed by atoms with Crippen molar-refractivity contribution in [1.82, 2.24) is 9.13 Å². The third-order valence-corrected chi connectivity index (χ3v) is 5.74. The zero-order valence-electron chi connectivity index (χ0n) is 13.0. The van der Waals surface area contributed by atoms with Gasteiger partial charge in [0, 0.05) is 24.7 Å². The first-order valence-corrected chi connectivity index (χ1v) is 8.44. The first-order valence-electron chi connectivity index (χ1n) is 7.63. The fourth-order valence-corrected chi connectivity index (χ4v) is 4.37. The summed E-state index contributed by atoms with van der Waals surface area (Å²) in [7, 11) is 3.48. The number of aryl methyl sites for hydroxylation is 4. The highest BCUT2D eigenvalue weighted by Gasteiger charge is 2.18. The maximum atomic E-state index is 12.4. The minimum atomic E-state index is -0.0790. The molecule has 0 bridgehead atoms. The Labute approximate surface area is 137 Å². The van der Waals surface area contributed by atoms with Gasteiger partial charge < -0.3 is 5.32 Å². The quantitative estimate of drug-likeness (QED) is 0.787. The number of fused-ring (bicyclic) bond motifs is 2. The van der Waals surface area contributed by atoms with E-state index in [-0.39, 0.29) is 11.6 Å². The normalized spacial score (nSPS) is 13.5. The van der Waals surface area contributed by atoms with Gasteiger partial charge in [-0.05, 0) is 49.1 Å². The van der Waals surface area contributed by atoms with Crippen molar-refractivity contribution in [3.8, 4) is 0 Å². The molecule has 0 unspecified atom stereocenters. The van der Waals surface area contributed by atoms with E-state index in [4.69, 9.17) is 0 Å². The van der Waals surface area contributed by atoms with E-state index in [9.17, 15) is 9.59 Å². The van der Waals surface area contributed by atoms with Gasteiger partial charge in [-0.1, -0.05) is 0 Å². The van der Waals surface area contributed by atoms with Gasteiger partial charge in [-0.2, -0.15) is 0 Å². The molecule has 0 saturated heterocycles. The molecule has 0 radical (unpaired) electrons. The van der Waals surface area contributed by atoms with Gasteiger partial charge in [-0.25, -0.2) is 4.79 Å². The van der Waals surface area contributed by atoms with Crippen LogP contribution in [-0.4, -0.2) is 15.0 Å². The molecule has 118 valence electrons. The largest absolute Gasteiger partial charge is 0.328 e. The third kappa shape index (κ3) is 2.21. The van der Waals surface area contributed by atoms with Crippen molar-refractivity contribution in [2.75, 3.05) is 5.32 Å². The number of hydrogen-bond acceptors (Lipinski definition) is 3. The molecule has 6 heteroatoms. The lowest BCUT2D eigenvalue weighted by atomic mass is 10.2. The molecular weight excluding hydrogens is 310 g/mol. The summed E-state index contributed by atoms with van der Waals surface area (Å²) < 4.78 is 3.19. The first-order chi connectivity index (χ1) is 11.0. The molecule has 0 spiro atoms. The average molecular weight is 327 g/mol. The lowest BCUT2D eigenvalue weighted by molar-refractivity contribution is 0.103. The monoisotopic (exact) mass is 327 g/mol. The van der Waals surface area contributed by atoms with Gasteiger partial charge in [0.05, 0.1) is 15.9 Å². The smallest absolute Gasteiger partial charge is 0.321 e. The van der Waals surface area contributed by atoms with Gasteiger partial charge in [-0.15, -0.1) is 11.3 Å². The Morgan fingerprint density at radius 1 is 1.13 bits per heavy atom. The molecule has 1 aliphatic rings. The summed E-state index contributed by atoms with van der Waals surface area (Å²) in [5.74, 6) is -0.0790. The number of amides is 1. The summed E-state index contributed by atoms with van der Waals surface area (Å²) in [5, 5.41) is 2.94. The number of rotatable bonds is 2. The summed E-state index contributed by atoms with van der Waals surface area (Å²) in [6.45, 7) is 0. The van der Waals surface area contributed by atoms with E-state index in [0.29, 0.717) is 5.69 Å². The van der Waals surface area contributed by atoms with Crippen molar-refractivity contribution < 1.29 is 4.79 Å². The maximum absolute atomic E-state index is 12.4. The van der Waals surface area contributed by atoms with Crippen LogP contribution in [0.15, 0.2) is 29.1 Å². The number of anilines is 1. The van der Waals surface area contributed by atoms with E-state index in [1.807, 2.05) is 24.3 Å². The van der Waals surface area contributed by atoms with Crippen molar-refractivity contribution in [2.24, 2.45) is 14.1 Å². The number of benzene rings is 1. The van der Waals surface area contributed by atoms with Crippen LogP contribution in [0.3, 0.4) is 0 Å². The number of nitrogens with one attached hydrogen (secondary N) is 1. The van der Waals surface area contributed by atoms with Crippen molar-refractivity contribution in [2.45, 2.75) is 19.3 Å². The minimum Gasteiger partial charge on any atom is -0.321 e. The molecule has 1 aliphatic carbocycles. The molecule has 2 aromatic heterocycles. The molecule has 3 aromatic rings. The Balaban J connectivity index is 1.65. The van der Waals surface area contributed by atoms with Crippen LogP contribution in [0.4, 0.5) is 5.69 Å². The number of hydrogen-bond donors (Lipinski definition) is 1. The Morgan fingerprint density at radius 3 is 2.70 bits per heavy atom. The van der Waals surface area contributed by atoms with Crippen LogP contribution < -0.4 is 11.0 Å². The number of aromatic nitrogens is 2. The topological polar surface area (TPSA) is 56.0 Å². The predicted octanol–water partition coefficient (Wildman–Crippen LogP) is 2.68. The van der Waals surface area contributed by atoms with Gasteiger partial charge in [0.1, 0.15) is 0 Å². The molecule has 23 heavy (non-hydrogen) atoms. The van der Waals surface area contributed by atoms with E-state index < -0.39 is 0 Å². The number of thiophene rings is 1. The van der Waals surface area contributed by atoms with Gasteiger partial charge >= 0.3 is 5.69 Å². The summed E-state index contributed by atoms with van der Waals surface area (Å²) in [4.78, 5) is 26.5. The van der Waals surface area contributed by atoms with E-state index in [0.717, 1.165) is 28.8 Å². The fraction of sp³-hybridized carbons (Fsp3) is 0.294. The molecule has 4 rings (SSSR count). The van der Waals surface area contributed by atoms with Crippen LogP contribution in [0.5, 0.6) is 0 Å². The summed E-state index contributed by atoms with van der Waals surface area (Å²) >= 11 is 1.59. The van der Waals surface area contributed by atoms with E-state index >= 15 is 0 Å². The number of imidazole rings is 1. The van der Waals surface area contributed by atoms with Crippen LogP contribution in [0.2, 0.25) is 0 Å². The molecule has 0 saturated carbocycles. The van der Waals surface area contributed by atoms with E-state index in [1.54, 1.807) is 34.6 Å². The second-order valence-corrected chi connectivity index (χ2v) is 7.11. The Morgan fingerprint density at radius 2 is 1.91 bits per heavy atom. The van der Waals surface area contributed by atoms with Crippen LogP contribution in [0, 0.1) is 0 Å². The Hall–Kier alpha value is -2.34. The minimum absolute atomic E-state index is 0.0711. The summed E-state index contributed by atoms with van der Waals surface area (Å²) in [6, 6.07) is 7.55. The molecule has 1 amide bonds. The highest BCUT2D eigenvalue weighted by atomic mass is 32.1. The molecule has 1 aromatic carbocycles. The zero-order chi connectivity index (χ0) is 16.1. The van der Waals surface area contributed by atoms with Gasteiger partial charge in [0.2, 0.25) is 0 Å². The second-order valence-electron chi connectivity index (χ2n) is 5.97. The van der Waals surface area contributed by atoms with E-state index in [1.165, 1.54) is 16.9 Å². The Bertz CT molecular complexity index is 972. The highest BCUT2D eigenvalue weighted by Crippen LogP contribution is 2.31. The average Bonchev–Trinajstić information content (AvgIpc) is 3.18. The third-order valence-electron chi connectivity index (χ3n) is 4.50. The molecule has 0 aliphatic heterocycles. The van der Waals surface area contributed by atoms with Crippen molar-refractivity contribution in [3.63, 3.8) is 0 Å². The van der Waals surface area contributed by atoms with Crippen LogP contribution in [0.25, 0.3) is 11.0 Å². The summed E-state index contributed by atoms with van der Waals surface area (Å²) in [5.41, 5.74) is 3.62. The second kappa shape index (κ2) is 5.09. The molecule has 0 fully saturated rings. The molecule has 0 atom stereocenters. The van der Waals surface area contributed by atoms with Crippen LogP contribution in [0.1, 0.15) is 26.5 Å². The summed E-state index contributed by atoms with van der Waals surface area (Å²) in [6.07, 6.45) is 3.37. The fourth-order valence-electron chi connectivity index (χ4n) is 3.22.